The highest BCUT2D eigenvalue weighted by molar-refractivity contribution is 5.36. The van der Waals surface area contributed by atoms with E-state index < -0.39 is 0 Å². The number of aromatic nitrogens is 4. The second-order valence-electron chi connectivity index (χ2n) is 5.48. The minimum Gasteiger partial charge on any atom is -0.346 e. The first-order valence-electron chi connectivity index (χ1n) is 7.18. The first-order chi connectivity index (χ1) is 9.88. The van der Waals surface area contributed by atoms with Crippen LogP contribution in [0.1, 0.15) is 24.4 Å². The molecule has 2 aliphatic rings. The van der Waals surface area contributed by atoms with Crippen LogP contribution in [0.3, 0.4) is 0 Å². The standard InChI is InChI=1S/C14H18N6/c1-2-11(1)16-7-12-8-18-13(9-17-12)20-6-5-19-4-3-15-14(19)10-20/h3-4,8-9,11,16H,1-2,5-7,10H2. The number of nitrogens with one attached hydrogen (secondary N) is 1. The van der Waals surface area contributed by atoms with E-state index in [9.17, 15) is 0 Å². The maximum Gasteiger partial charge on any atom is 0.147 e. The van der Waals surface area contributed by atoms with E-state index in [1.54, 1.807) is 0 Å². The fraction of sp³-hybridized carbons (Fsp3) is 0.500. The van der Waals surface area contributed by atoms with Crippen LogP contribution >= 0.6 is 0 Å². The average Bonchev–Trinajstić information content (AvgIpc) is 3.21. The zero-order valence-electron chi connectivity index (χ0n) is 11.4. The Bertz CT molecular complexity index is 586. The predicted molar refractivity (Wildman–Crippen MR) is 75.2 cm³/mol. The topological polar surface area (TPSA) is 58.9 Å². The largest absolute Gasteiger partial charge is 0.346 e. The first-order valence-corrected chi connectivity index (χ1v) is 7.18. The van der Waals surface area contributed by atoms with Crippen molar-refractivity contribution in [1.82, 2.24) is 24.8 Å². The lowest BCUT2D eigenvalue weighted by atomic mass is 10.3. The van der Waals surface area contributed by atoms with Gasteiger partial charge in [0.15, 0.2) is 0 Å². The van der Waals surface area contributed by atoms with Crippen LogP contribution in [0.25, 0.3) is 0 Å². The Hall–Kier alpha value is -1.95. The number of anilines is 1. The first kappa shape index (κ1) is 11.8. The second-order valence-corrected chi connectivity index (χ2v) is 5.48. The summed E-state index contributed by atoms with van der Waals surface area (Å²) in [5.41, 5.74) is 1.01. The third-order valence-electron chi connectivity index (χ3n) is 3.91. The van der Waals surface area contributed by atoms with Gasteiger partial charge in [0.25, 0.3) is 0 Å². The molecule has 0 spiro atoms. The predicted octanol–water partition coefficient (Wildman–Crippen LogP) is 0.945. The Morgan fingerprint density at radius 3 is 2.90 bits per heavy atom. The van der Waals surface area contributed by atoms with Gasteiger partial charge in [0.1, 0.15) is 11.6 Å². The Balaban J connectivity index is 1.43. The van der Waals surface area contributed by atoms with E-state index >= 15 is 0 Å². The fourth-order valence-electron chi connectivity index (χ4n) is 2.51. The SMILES string of the molecule is c1cn2c(n1)CN(c1cnc(CNC3CC3)cn1)CC2. The molecule has 0 saturated heterocycles. The van der Waals surface area contributed by atoms with E-state index in [-0.39, 0.29) is 0 Å². The second kappa shape index (κ2) is 4.86. The molecule has 20 heavy (non-hydrogen) atoms. The van der Waals surface area contributed by atoms with Crippen LogP contribution in [0.5, 0.6) is 0 Å². The molecule has 6 heteroatoms. The molecule has 1 aliphatic carbocycles. The Morgan fingerprint density at radius 2 is 2.10 bits per heavy atom. The fourth-order valence-corrected chi connectivity index (χ4v) is 2.51. The Labute approximate surface area is 117 Å². The molecule has 0 amide bonds. The van der Waals surface area contributed by atoms with Gasteiger partial charge in [0.2, 0.25) is 0 Å². The Morgan fingerprint density at radius 1 is 1.15 bits per heavy atom. The summed E-state index contributed by atoms with van der Waals surface area (Å²) in [6.45, 7) is 3.55. The molecule has 0 atom stereocenters. The Kier molecular flexibility index (Phi) is 2.88. The molecule has 0 unspecified atom stereocenters. The van der Waals surface area contributed by atoms with Gasteiger partial charge < -0.3 is 14.8 Å². The molecule has 6 nitrogen and oxygen atoms in total. The zero-order valence-corrected chi connectivity index (χ0v) is 11.4. The van der Waals surface area contributed by atoms with Crippen molar-refractivity contribution in [3.8, 4) is 0 Å². The third-order valence-corrected chi connectivity index (χ3v) is 3.91. The van der Waals surface area contributed by atoms with Crippen molar-refractivity contribution in [1.29, 1.82) is 0 Å². The van der Waals surface area contributed by atoms with E-state index in [1.807, 2.05) is 24.8 Å². The molecule has 0 aromatic carbocycles. The highest BCUT2D eigenvalue weighted by atomic mass is 15.3. The lowest BCUT2D eigenvalue weighted by Gasteiger charge is -2.28. The summed E-state index contributed by atoms with van der Waals surface area (Å²) in [6.07, 6.45) is 10.2. The smallest absolute Gasteiger partial charge is 0.147 e. The highest BCUT2D eigenvalue weighted by Crippen LogP contribution is 2.20. The van der Waals surface area contributed by atoms with E-state index in [2.05, 4.69) is 29.7 Å². The van der Waals surface area contributed by atoms with Crippen LogP contribution in [0.15, 0.2) is 24.8 Å². The number of nitrogens with zero attached hydrogens (tertiary/aromatic N) is 5. The molecule has 1 fully saturated rings. The summed E-state index contributed by atoms with van der Waals surface area (Å²) in [4.78, 5) is 15.6. The van der Waals surface area contributed by atoms with Crippen LogP contribution < -0.4 is 10.2 Å². The minimum absolute atomic E-state index is 0.706. The van der Waals surface area contributed by atoms with E-state index in [0.717, 1.165) is 43.5 Å². The van der Waals surface area contributed by atoms with E-state index in [4.69, 9.17) is 0 Å². The van der Waals surface area contributed by atoms with Gasteiger partial charge in [-0.15, -0.1) is 0 Å². The lowest BCUT2D eigenvalue weighted by molar-refractivity contribution is 0.555. The molecule has 1 saturated carbocycles. The average molecular weight is 270 g/mol. The number of fused-ring (bicyclic) bond motifs is 1. The lowest BCUT2D eigenvalue weighted by Crippen LogP contribution is -2.34. The summed E-state index contributed by atoms with van der Waals surface area (Å²) >= 11 is 0. The number of hydrogen-bond donors (Lipinski definition) is 1. The van der Waals surface area contributed by atoms with Crippen LogP contribution in [-0.4, -0.2) is 32.1 Å². The maximum absolute atomic E-state index is 4.54. The maximum atomic E-state index is 4.54. The van der Waals surface area contributed by atoms with Crippen molar-refractivity contribution < 1.29 is 0 Å². The summed E-state index contributed by atoms with van der Waals surface area (Å²) < 4.78 is 2.19. The quantitative estimate of drug-likeness (QED) is 0.896. The van der Waals surface area contributed by atoms with Gasteiger partial charge in [0, 0.05) is 38.1 Å². The van der Waals surface area contributed by atoms with Crippen molar-refractivity contribution in [2.24, 2.45) is 0 Å². The normalized spacial score (nSPS) is 18.1. The number of rotatable bonds is 4. The van der Waals surface area contributed by atoms with E-state index in [1.165, 1.54) is 12.8 Å². The number of hydrogen-bond acceptors (Lipinski definition) is 5. The highest BCUT2D eigenvalue weighted by Gasteiger charge is 2.21. The van der Waals surface area contributed by atoms with Gasteiger partial charge in [-0.2, -0.15) is 0 Å². The van der Waals surface area contributed by atoms with Crippen molar-refractivity contribution in [2.45, 2.75) is 38.5 Å². The van der Waals surface area contributed by atoms with Crippen molar-refractivity contribution in [3.63, 3.8) is 0 Å². The van der Waals surface area contributed by atoms with Crippen molar-refractivity contribution >= 4 is 5.82 Å². The molecule has 2 aromatic rings. The van der Waals surface area contributed by atoms with Gasteiger partial charge >= 0.3 is 0 Å². The van der Waals surface area contributed by atoms with Crippen molar-refractivity contribution in [2.75, 3.05) is 11.4 Å². The van der Waals surface area contributed by atoms with Gasteiger partial charge in [-0.25, -0.2) is 9.97 Å². The molecular formula is C14H18N6. The summed E-state index contributed by atoms with van der Waals surface area (Å²) in [5, 5.41) is 3.45. The monoisotopic (exact) mass is 270 g/mol. The van der Waals surface area contributed by atoms with Crippen LogP contribution in [0, 0.1) is 0 Å². The zero-order chi connectivity index (χ0) is 13.4. The van der Waals surface area contributed by atoms with Crippen LogP contribution in [-0.2, 0) is 19.6 Å². The third kappa shape index (κ3) is 2.38. The minimum atomic E-state index is 0.706. The van der Waals surface area contributed by atoms with Crippen LogP contribution in [0.2, 0.25) is 0 Å². The van der Waals surface area contributed by atoms with Gasteiger partial charge in [-0.1, -0.05) is 0 Å². The molecule has 1 N–H and O–H groups in total. The molecule has 2 aromatic heterocycles. The molecular weight excluding hydrogens is 252 g/mol. The van der Waals surface area contributed by atoms with Crippen molar-refractivity contribution in [3.05, 3.63) is 36.3 Å². The van der Waals surface area contributed by atoms with Gasteiger partial charge in [-0.05, 0) is 12.8 Å². The molecule has 3 heterocycles. The molecule has 0 radical (unpaired) electrons. The summed E-state index contributed by atoms with van der Waals surface area (Å²) in [6, 6.07) is 0.706. The summed E-state index contributed by atoms with van der Waals surface area (Å²) in [7, 11) is 0. The van der Waals surface area contributed by atoms with Crippen LogP contribution in [0.4, 0.5) is 5.82 Å². The summed E-state index contributed by atoms with van der Waals surface area (Å²) in [5.74, 6) is 2.03. The number of imidazole rings is 1. The molecule has 0 bridgehead atoms. The molecule has 1 aliphatic heterocycles. The van der Waals surface area contributed by atoms with E-state index in [0.29, 0.717) is 6.04 Å². The van der Waals surface area contributed by atoms with Gasteiger partial charge in [-0.3, -0.25) is 4.98 Å². The molecule has 104 valence electrons. The molecule has 4 rings (SSSR count). The van der Waals surface area contributed by atoms with Gasteiger partial charge in [0.05, 0.1) is 24.6 Å².